The Morgan fingerprint density at radius 3 is 3.00 bits per heavy atom. The number of aryl methyl sites for hydroxylation is 1. The van der Waals surface area contributed by atoms with E-state index in [4.69, 9.17) is 9.84 Å². The van der Waals surface area contributed by atoms with Crippen molar-refractivity contribution in [3.63, 3.8) is 0 Å². The number of carbonyl (C=O) groups excluding carboxylic acids is 2. The summed E-state index contributed by atoms with van der Waals surface area (Å²) in [6.07, 6.45) is 1.68. The van der Waals surface area contributed by atoms with Gasteiger partial charge in [-0.05, 0) is 24.6 Å². The molecular weight excluding hydrogens is 312 g/mol. The van der Waals surface area contributed by atoms with E-state index in [9.17, 15) is 9.59 Å². The maximum Gasteiger partial charge on any atom is 0.337 e. The number of amides is 1. The Bertz CT molecular complexity index is 840. The second kappa shape index (κ2) is 6.32. The minimum absolute atomic E-state index is 0.113. The third kappa shape index (κ3) is 2.71. The van der Waals surface area contributed by atoms with Crippen molar-refractivity contribution in [2.75, 3.05) is 32.1 Å². The van der Waals surface area contributed by atoms with Crippen molar-refractivity contribution >= 4 is 28.5 Å². The van der Waals surface area contributed by atoms with Gasteiger partial charge in [0.2, 0.25) is 0 Å². The molecule has 1 aliphatic rings. The van der Waals surface area contributed by atoms with E-state index in [1.165, 1.54) is 12.0 Å². The second-order valence-corrected chi connectivity index (χ2v) is 5.54. The summed E-state index contributed by atoms with van der Waals surface area (Å²) in [6.45, 7) is 1.99. The zero-order valence-electron chi connectivity index (χ0n) is 13.4. The summed E-state index contributed by atoms with van der Waals surface area (Å²) in [5, 5.41) is 19.9. The minimum Gasteiger partial charge on any atom is -0.466 e. The topological polar surface area (TPSA) is 108 Å². The quantitative estimate of drug-likeness (QED) is 0.691. The van der Waals surface area contributed by atoms with Crippen molar-refractivity contribution < 1.29 is 19.4 Å². The molecule has 0 saturated carbocycles. The van der Waals surface area contributed by atoms with Crippen molar-refractivity contribution in [3.8, 4) is 0 Å². The summed E-state index contributed by atoms with van der Waals surface area (Å²) >= 11 is 0. The number of aliphatic hydroxyl groups excluding tert-OH is 1. The van der Waals surface area contributed by atoms with Crippen LogP contribution in [0.3, 0.4) is 0 Å². The van der Waals surface area contributed by atoms with E-state index in [-0.39, 0.29) is 36.9 Å². The van der Waals surface area contributed by atoms with E-state index in [1.807, 2.05) is 19.1 Å². The van der Waals surface area contributed by atoms with Gasteiger partial charge in [0.1, 0.15) is 5.70 Å². The van der Waals surface area contributed by atoms with E-state index >= 15 is 0 Å². The summed E-state index contributed by atoms with van der Waals surface area (Å²) in [5.41, 5.74) is 2.93. The highest BCUT2D eigenvalue weighted by molar-refractivity contribution is 6.08. The van der Waals surface area contributed by atoms with Crippen LogP contribution in [0.2, 0.25) is 0 Å². The molecule has 0 radical (unpaired) electrons. The lowest BCUT2D eigenvalue weighted by atomic mass is 10.1. The molecule has 126 valence electrons. The minimum atomic E-state index is -0.562. The third-order valence-corrected chi connectivity index (χ3v) is 4.00. The lowest BCUT2D eigenvalue weighted by Crippen LogP contribution is -2.31. The van der Waals surface area contributed by atoms with Crippen LogP contribution in [0.1, 0.15) is 5.56 Å². The van der Waals surface area contributed by atoms with Crippen LogP contribution in [-0.2, 0) is 14.3 Å². The Morgan fingerprint density at radius 1 is 1.50 bits per heavy atom. The predicted octanol–water partition coefficient (Wildman–Crippen LogP) is 0.545. The lowest BCUT2D eigenvalue weighted by Gasteiger charge is -2.15. The van der Waals surface area contributed by atoms with Gasteiger partial charge in [-0.2, -0.15) is 5.10 Å². The Labute approximate surface area is 138 Å². The number of hydrogen-bond acceptors (Lipinski definition) is 6. The molecular formula is C16H18N4O4. The van der Waals surface area contributed by atoms with Crippen LogP contribution in [0.15, 0.2) is 29.6 Å². The first-order chi connectivity index (χ1) is 11.5. The van der Waals surface area contributed by atoms with E-state index in [0.29, 0.717) is 5.69 Å². The number of hydrogen-bond donors (Lipinski definition) is 3. The highest BCUT2D eigenvalue weighted by Gasteiger charge is 2.34. The number of aromatic amines is 1. The first-order valence-electron chi connectivity index (χ1n) is 7.47. The maximum absolute atomic E-state index is 12.5. The zero-order chi connectivity index (χ0) is 17.3. The molecule has 0 spiro atoms. The number of carbonyl (C=O) groups is 2. The number of nitrogens with zero attached hydrogens (tertiary/aromatic N) is 2. The number of esters is 1. The molecule has 1 aromatic heterocycles. The SMILES string of the molecule is COC(=O)C1=C(Nc2cc3cn[nH]c3cc2C)C(=O)N(CCO)C1. The molecule has 1 aliphatic heterocycles. The van der Waals surface area contributed by atoms with Crippen LogP contribution >= 0.6 is 0 Å². The predicted molar refractivity (Wildman–Crippen MR) is 87.2 cm³/mol. The van der Waals surface area contributed by atoms with Crippen LogP contribution in [-0.4, -0.2) is 58.9 Å². The Morgan fingerprint density at radius 2 is 2.29 bits per heavy atom. The molecule has 0 saturated heterocycles. The Hall–Kier alpha value is -2.87. The van der Waals surface area contributed by atoms with Crippen molar-refractivity contribution in [1.82, 2.24) is 15.1 Å². The fourth-order valence-corrected chi connectivity index (χ4v) is 2.72. The molecule has 1 amide bonds. The number of rotatable bonds is 5. The van der Waals surface area contributed by atoms with Gasteiger partial charge >= 0.3 is 5.97 Å². The molecule has 2 aromatic rings. The number of H-pyrrole nitrogens is 1. The van der Waals surface area contributed by atoms with Crippen molar-refractivity contribution in [1.29, 1.82) is 0 Å². The van der Waals surface area contributed by atoms with Gasteiger partial charge in [-0.1, -0.05) is 0 Å². The van der Waals surface area contributed by atoms with E-state index < -0.39 is 5.97 Å². The number of benzene rings is 1. The molecule has 3 N–H and O–H groups in total. The fraction of sp³-hybridized carbons (Fsp3) is 0.312. The number of fused-ring (bicyclic) bond motifs is 1. The number of aliphatic hydroxyl groups is 1. The lowest BCUT2D eigenvalue weighted by molar-refractivity contribution is -0.136. The number of β-amino-alcohol motifs (C(OH)–C–C–N with tert-alkyl or cyclic N) is 1. The zero-order valence-corrected chi connectivity index (χ0v) is 13.4. The van der Waals surface area contributed by atoms with Crippen molar-refractivity contribution in [3.05, 3.63) is 35.2 Å². The molecule has 8 heteroatoms. The van der Waals surface area contributed by atoms with Crippen molar-refractivity contribution in [2.24, 2.45) is 0 Å². The van der Waals surface area contributed by atoms with Gasteiger partial charge in [-0.25, -0.2) is 4.79 Å². The molecule has 8 nitrogen and oxygen atoms in total. The summed E-state index contributed by atoms with van der Waals surface area (Å²) in [6, 6.07) is 3.77. The van der Waals surface area contributed by atoms with Gasteiger partial charge < -0.3 is 20.1 Å². The largest absolute Gasteiger partial charge is 0.466 e. The normalized spacial score (nSPS) is 14.6. The van der Waals surface area contributed by atoms with Gasteiger partial charge in [0.25, 0.3) is 5.91 Å². The van der Waals surface area contributed by atoms with Crippen LogP contribution in [0.5, 0.6) is 0 Å². The molecule has 0 bridgehead atoms. The monoisotopic (exact) mass is 330 g/mol. The summed E-state index contributed by atoms with van der Waals surface area (Å²) < 4.78 is 4.77. The van der Waals surface area contributed by atoms with Crippen molar-refractivity contribution in [2.45, 2.75) is 6.92 Å². The molecule has 3 rings (SSSR count). The molecule has 0 fully saturated rings. The summed E-state index contributed by atoms with van der Waals surface area (Å²) in [7, 11) is 1.27. The molecule has 1 aromatic carbocycles. The number of ether oxygens (including phenoxy) is 1. The van der Waals surface area contributed by atoms with E-state index in [1.54, 1.807) is 6.20 Å². The number of nitrogens with one attached hydrogen (secondary N) is 2. The molecule has 0 aliphatic carbocycles. The van der Waals surface area contributed by atoms with Gasteiger partial charge in [0, 0.05) is 17.6 Å². The Kier molecular flexibility index (Phi) is 4.22. The van der Waals surface area contributed by atoms with Crippen LogP contribution in [0.25, 0.3) is 10.9 Å². The highest BCUT2D eigenvalue weighted by Crippen LogP contribution is 2.27. The van der Waals surface area contributed by atoms with Crippen LogP contribution in [0, 0.1) is 6.92 Å². The first-order valence-corrected chi connectivity index (χ1v) is 7.47. The fourth-order valence-electron chi connectivity index (χ4n) is 2.72. The number of aromatic nitrogens is 2. The standard InChI is InChI=1S/C16H18N4O4/c1-9-5-13-10(7-17-19-13)6-12(9)18-14-11(16(23)24-2)8-20(3-4-21)15(14)22/h5-7,18,21H,3-4,8H2,1-2H3,(H,17,19). The molecule has 0 unspecified atom stereocenters. The smallest absolute Gasteiger partial charge is 0.337 e. The first kappa shape index (κ1) is 16.0. The second-order valence-electron chi connectivity index (χ2n) is 5.54. The van der Waals surface area contributed by atoms with Gasteiger partial charge in [0.05, 0.1) is 37.5 Å². The summed E-state index contributed by atoms with van der Waals surface area (Å²) in [4.78, 5) is 25.9. The number of methoxy groups -OCH3 is 1. The maximum atomic E-state index is 12.5. The van der Waals surface area contributed by atoms with E-state index in [0.717, 1.165) is 16.5 Å². The molecule has 24 heavy (non-hydrogen) atoms. The molecule has 0 atom stereocenters. The van der Waals surface area contributed by atoms with Crippen LogP contribution < -0.4 is 5.32 Å². The molecule has 2 heterocycles. The highest BCUT2D eigenvalue weighted by atomic mass is 16.5. The average molecular weight is 330 g/mol. The van der Waals surface area contributed by atoms with Gasteiger partial charge in [0.15, 0.2) is 0 Å². The van der Waals surface area contributed by atoms with Gasteiger partial charge in [-0.15, -0.1) is 0 Å². The number of anilines is 1. The van der Waals surface area contributed by atoms with Gasteiger partial charge in [-0.3, -0.25) is 9.89 Å². The Balaban J connectivity index is 1.98. The van der Waals surface area contributed by atoms with Crippen LogP contribution in [0.4, 0.5) is 5.69 Å². The summed E-state index contributed by atoms with van der Waals surface area (Å²) in [5.74, 6) is -0.899. The average Bonchev–Trinajstić information content (AvgIpc) is 3.13. The third-order valence-electron chi connectivity index (χ3n) is 4.00. The van der Waals surface area contributed by atoms with E-state index in [2.05, 4.69) is 15.5 Å².